The number of hydrogen-bond donors (Lipinski definition) is 2. The molecule has 0 saturated carbocycles. The zero-order valence-electron chi connectivity index (χ0n) is 12.1. The van der Waals surface area contributed by atoms with E-state index in [4.69, 9.17) is 5.84 Å². The number of rotatable bonds is 8. The first-order chi connectivity index (χ1) is 8.65. The van der Waals surface area contributed by atoms with Gasteiger partial charge in [-0.3, -0.25) is 11.3 Å². The summed E-state index contributed by atoms with van der Waals surface area (Å²) >= 11 is 0. The summed E-state index contributed by atoms with van der Waals surface area (Å²) in [5.74, 6) is 6.41. The average molecular weight is 248 g/mol. The fourth-order valence-corrected chi connectivity index (χ4v) is 2.46. The van der Waals surface area contributed by atoms with Crippen molar-refractivity contribution in [2.75, 3.05) is 0 Å². The molecule has 0 bridgehead atoms. The Labute approximate surface area is 112 Å². The SMILES string of the molecule is CCCC(C)CC(CCc1ccc(C)cc1)NN. The molecule has 3 N–H and O–H groups in total. The van der Waals surface area contributed by atoms with Crippen molar-refractivity contribution in [3.05, 3.63) is 35.4 Å². The Hall–Kier alpha value is -0.860. The Morgan fingerprint density at radius 2 is 1.83 bits per heavy atom. The van der Waals surface area contributed by atoms with Crippen LogP contribution in [0.4, 0.5) is 0 Å². The molecule has 0 aromatic heterocycles. The molecule has 2 atom stereocenters. The van der Waals surface area contributed by atoms with Gasteiger partial charge >= 0.3 is 0 Å². The molecule has 0 aliphatic carbocycles. The highest BCUT2D eigenvalue weighted by molar-refractivity contribution is 5.21. The van der Waals surface area contributed by atoms with E-state index >= 15 is 0 Å². The van der Waals surface area contributed by atoms with Crippen molar-refractivity contribution in [1.82, 2.24) is 5.43 Å². The van der Waals surface area contributed by atoms with Gasteiger partial charge in [0, 0.05) is 6.04 Å². The van der Waals surface area contributed by atoms with E-state index in [1.807, 2.05) is 0 Å². The summed E-state index contributed by atoms with van der Waals surface area (Å²) < 4.78 is 0. The van der Waals surface area contributed by atoms with Gasteiger partial charge in [0.25, 0.3) is 0 Å². The smallest absolute Gasteiger partial charge is 0.0216 e. The highest BCUT2D eigenvalue weighted by Crippen LogP contribution is 2.16. The summed E-state index contributed by atoms with van der Waals surface area (Å²) in [6, 6.07) is 9.24. The molecule has 0 radical (unpaired) electrons. The summed E-state index contributed by atoms with van der Waals surface area (Å²) in [6.07, 6.45) is 5.96. The lowest BCUT2D eigenvalue weighted by Gasteiger charge is -2.20. The van der Waals surface area contributed by atoms with Crippen molar-refractivity contribution in [2.45, 2.75) is 58.9 Å². The van der Waals surface area contributed by atoms with Crippen molar-refractivity contribution in [3.8, 4) is 0 Å². The highest BCUT2D eigenvalue weighted by Gasteiger charge is 2.11. The first-order valence-electron chi connectivity index (χ1n) is 7.17. The minimum Gasteiger partial charge on any atom is -0.271 e. The van der Waals surface area contributed by atoms with Gasteiger partial charge in [-0.1, -0.05) is 56.5 Å². The summed E-state index contributed by atoms with van der Waals surface area (Å²) in [6.45, 7) is 6.69. The molecule has 0 aliphatic heterocycles. The molecule has 0 saturated heterocycles. The maximum Gasteiger partial charge on any atom is 0.0216 e. The third-order valence-electron chi connectivity index (χ3n) is 3.61. The zero-order valence-corrected chi connectivity index (χ0v) is 12.1. The molecular weight excluding hydrogens is 220 g/mol. The van der Waals surface area contributed by atoms with Gasteiger partial charge in [0.05, 0.1) is 0 Å². The van der Waals surface area contributed by atoms with Crippen molar-refractivity contribution >= 4 is 0 Å². The van der Waals surface area contributed by atoms with Crippen LogP contribution in [0.25, 0.3) is 0 Å². The molecule has 1 aromatic carbocycles. The predicted octanol–water partition coefficient (Wildman–Crippen LogP) is 3.59. The second kappa shape index (κ2) is 8.28. The fraction of sp³-hybridized carbons (Fsp3) is 0.625. The monoisotopic (exact) mass is 248 g/mol. The molecule has 2 heteroatoms. The summed E-state index contributed by atoms with van der Waals surface area (Å²) in [7, 11) is 0. The van der Waals surface area contributed by atoms with E-state index in [2.05, 4.69) is 50.5 Å². The third-order valence-corrected chi connectivity index (χ3v) is 3.61. The average Bonchev–Trinajstić information content (AvgIpc) is 2.36. The molecule has 0 spiro atoms. The molecule has 0 heterocycles. The lowest BCUT2D eigenvalue weighted by molar-refractivity contribution is 0.371. The molecule has 102 valence electrons. The minimum absolute atomic E-state index is 0.438. The minimum atomic E-state index is 0.438. The molecule has 18 heavy (non-hydrogen) atoms. The highest BCUT2D eigenvalue weighted by atomic mass is 15.2. The van der Waals surface area contributed by atoms with E-state index in [1.54, 1.807) is 0 Å². The van der Waals surface area contributed by atoms with Crippen molar-refractivity contribution in [2.24, 2.45) is 11.8 Å². The molecule has 2 unspecified atom stereocenters. The number of aryl methyl sites for hydroxylation is 2. The fourth-order valence-electron chi connectivity index (χ4n) is 2.46. The summed E-state index contributed by atoms with van der Waals surface area (Å²) in [5, 5.41) is 0. The first kappa shape index (κ1) is 15.2. The number of nitrogens with one attached hydrogen (secondary N) is 1. The first-order valence-corrected chi connectivity index (χ1v) is 7.17. The standard InChI is InChI=1S/C16H28N2/c1-4-5-14(3)12-16(18-17)11-10-15-8-6-13(2)7-9-15/h6-9,14,16,18H,4-5,10-12,17H2,1-3H3. The van der Waals surface area contributed by atoms with Gasteiger partial charge in [0.1, 0.15) is 0 Å². The van der Waals surface area contributed by atoms with Crippen molar-refractivity contribution in [3.63, 3.8) is 0 Å². The molecular formula is C16H28N2. The lowest BCUT2D eigenvalue weighted by atomic mass is 9.94. The molecule has 0 aliphatic rings. The molecule has 1 rings (SSSR count). The Balaban J connectivity index is 2.37. The Kier molecular flexibility index (Phi) is 6.99. The van der Waals surface area contributed by atoms with E-state index in [0.717, 1.165) is 18.8 Å². The van der Waals surface area contributed by atoms with Crippen LogP contribution in [0.15, 0.2) is 24.3 Å². The van der Waals surface area contributed by atoms with Crippen LogP contribution in [0, 0.1) is 12.8 Å². The van der Waals surface area contributed by atoms with Crippen LogP contribution in [0.2, 0.25) is 0 Å². The Bertz CT molecular complexity index is 318. The van der Waals surface area contributed by atoms with Crippen LogP contribution in [0.3, 0.4) is 0 Å². The van der Waals surface area contributed by atoms with Crippen LogP contribution in [0.1, 0.15) is 50.7 Å². The summed E-state index contributed by atoms with van der Waals surface area (Å²) in [5.41, 5.74) is 5.70. The van der Waals surface area contributed by atoms with Gasteiger partial charge in [-0.15, -0.1) is 0 Å². The Morgan fingerprint density at radius 3 is 2.39 bits per heavy atom. The van der Waals surface area contributed by atoms with E-state index in [9.17, 15) is 0 Å². The van der Waals surface area contributed by atoms with Crippen molar-refractivity contribution < 1.29 is 0 Å². The number of benzene rings is 1. The molecule has 0 fully saturated rings. The van der Waals surface area contributed by atoms with Crippen LogP contribution in [-0.4, -0.2) is 6.04 Å². The van der Waals surface area contributed by atoms with Crippen LogP contribution in [0.5, 0.6) is 0 Å². The van der Waals surface area contributed by atoms with E-state index in [-0.39, 0.29) is 0 Å². The van der Waals surface area contributed by atoms with E-state index < -0.39 is 0 Å². The van der Waals surface area contributed by atoms with Gasteiger partial charge in [0.15, 0.2) is 0 Å². The zero-order chi connectivity index (χ0) is 13.4. The molecule has 1 aromatic rings. The molecule has 0 amide bonds. The quantitative estimate of drug-likeness (QED) is 0.545. The largest absolute Gasteiger partial charge is 0.271 e. The van der Waals surface area contributed by atoms with Gasteiger partial charge < -0.3 is 0 Å². The second-order valence-electron chi connectivity index (χ2n) is 5.52. The molecule has 2 nitrogen and oxygen atoms in total. The lowest BCUT2D eigenvalue weighted by Crippen LogP contribution is -2.36. The van der Waals surface area contributed by atoms with Crippen molar-refractivity contribution in [1.29, 1.82) is 0 Å². The maximum absolute atomic E-state index is 5.66. The number of nitrogens with two attached hydrogens (primary N) is 1. The van der Waals surface area contributed by atoms with Gasteiger partial charge in [-0.05, 0) is 37.7 Å². The third kappa shape index (κ3) is 5.65. The Morgan fingerprint density at radius 1 is 1.17 bits per heavy atom. The normalized spacial score (nSPS) is 14.4. The van der Waals surface area contributed by atoms with Crippen LogP contribution in [-0.2, 0) is 6.42 Å². The van der Waals surface area contributed by atoms with Gasteiger partial charge in [-0.2, -0.15) is 0 Å². The van der Waals surface area contributed by atoms with E-state index in [0.29, 0.717) is 6.04 Å². The summed E-state index contributed by atoms with van der Waals surface area (Å²) in [4.78, 5) is 0. The maximum atomic E-state index is 5.66. The number of hydrogen-bond acceptors (Lipinski definition) is 2. The number of hydrazine groups is 1. The van der Waals surface area contributed by atoms with Crippen LogP contribution >= 0.6 is 0 Å². The van der Waals surface area contributed by atoms with Crippen LogP contribution < -0.4 is 11.3 Å². The van der Waals surface area contributed by atoms with E-state index in [1.165, 1.54) is 30.4 Å². The van der Waals surface area contributed by atoms with Gasteiger partial charge in [0.2, 0.25) is 0 Å². The second-order valence-corrected chi connectivity index (χ2v) is 5.52. The predicted molar refractivity (Wildman–Crippen MR) is 79.3 cm³/mol. The van der Waals surface area contributed by atoms with Gasteiger partial charge in [-0.25, -0.2) is 0 Å². The topological polar surface area (TPSA) is 38.0 Å².